The smallest absolute Gasteiger partial charge is 0.335 e. The van der Waals surface area contributed by atoms with Gasteiger partial charge in [-0.05, 0) is 122 Å². The zero-order valence-electron chi connectivity index (χ0n) is 19.6. The number of carbonyl (C=O) groups is 2. The highest BCUT2D eigenvalue weighted by molar-refractivity contribution is 5.88. The number of fused-ring (bicyclic) bond motifs is 5. The summed E-state index contributed by atoms with van der Waals surface area (Å²) in [4.78, 5) is 24.9. The Bertz CT molecular complexity index is 1090. The molecule has 2 N–H and O–H groups in total. The molecule has 5 atom stereocenters. The highest BCUT2D eigenvalue weighted by Gasteiger charge is 2.56. The van der Waals surface area contributed by atoms with Crippen LogP contribution in [0.3, 0.4) is 0 Å². The first-order valence-corrected chi connectivity index (χ1v) is 12.5. The number of benzene rings is 2. The number of hydrogen-bond acceptors (Lipinski definition) is 3. The van der Waals surface area contributed by atoms with E-state index >= 15 is 0 Å². The molecule has 5 rings (SSSR count). The summed E-state index contributed by atoms with van der Waals surface area (Å²) in [5.74, 6) is 1.65. The number of phenols is 1. The number of aryl methyl sites for hydroxylation is 3. The first-order chi connectivity index (χ1) is 15.8. The molecule has 174 valence electrons. The van der Waals surface area contributed by atoms with Crippen molar-refractivity contribution >= 4 is 11.8 Å². The fourth-order valence-corrected chi connectivity index (χ4v) is 7.74. The zero-order chi connectivity index (χ0) is 23.3. The number of ketones is 1. The second-order valence-electron chi connectivity index (χ2n) is 10.9. The van der Waals surface area contributed by atoms with Gasteiger partial charge in [-0.2, -0.15) is 0 Å². The van der Waals surface area contributed by atoms with Crippen LogP contribution in [-0.4, -0.2) is 22.0 Å². The van der Waals surface area contributed by atoms with Crippen molar-refractivity contribution in [3.05, 3.63) is 64.2 Å². The van der Waals surface area contributed by atoms with Gasteiger partial charge in [0.2, 0.25) is 0 Å². The molecule has 3 aliphatic rings. The Labute approximate surface area is 196 Å². The van der Waals surface area contributed by atoms with Gasteiger partial charge >= 0.3 is 5.97 Å². The largest absolute Gasteiger partial charge is 0.508 e. The quantitative estimate of drug-likeness (QED) is 0.584. The second kappa shape index (κ2) is 8.30. The van der Waals surface area contributed by atoms with Crippen LogP contribution in [0.2, 0.25) is 0 Å². The molecule has 4 heteroatoms. The average Bonchev–Trinajstić information content (AvgIpc) is 3.15. The number of aromatic carboxylic acids is 1. The Morgan fingerprint density at radius 3 is 2.55 bits per heavy atom. The molecule has 0 aromatic heterocycles. The van der Waals surface area contributed by atoms with Crippen LogP contribution in [0.4, 0.5) is 0 Å². The lowest BCUT2D eigenvalue weighted by Gasteiger charge is -2.51. The minimum atomic E-state index is -0.844. The Morgan fingerprint density at radius 1 is 1.06 bits per heavy atom. The van der Waals surface area contributed by atoms with Crippen LogP contribution in [0.25, 0.3) is 0 Å². The van der Waals surface area contributed by atoms with Gasteiger partial charge in [0.25, 0.3) is 0 Å². The summed E-state index contributed by atoms with van der Waals surface area (Å²) in [6.45, 7) is 4.45. The molecular weight excluding hydrogens is 412 g/mol. The van der Waals surface area contributed by atoms with E-state index in [1.165, 1.54) is 11.1 Å². The molecule has 0 radical (unpaired) electrons. The van der Waals surface area contributed by atoms with E-state index in [0.29, 0.717) is 35.5 Å². The van der Waals surface area contributed by atoms with Gasteiger partial charge in [0.1, 0.15) is 11.5 Å². The Hall–Kier alpha value is -2.62. The molecular formula is C29H34O4. The molecule has 3 aliphatic carbocycles. The molecule has 0 heterocycles. The zero-order valence-corrected chi connectivity index (χ0v) is 19.6. The number of carbonyl (C=O) groups excluding carboxylic acids is 1. The summed E-state index contributed by atoms with van der Waals surface area (Å²) in [7, 11) is 0. The minimum absolute atomic E-state index is 0.0830. The van der Waals surface area contributed by atoms with Gasteiger partial charge in [0, 0.05) is 12.3 Å². The Morgan fingerprint density at radius 2 is 1.82 bits per heavy atom. The lowest BCUT2D eigenvalue weighted by atomic mass is 9.53. The molecule has 33 heavy (non-hydrogen) atoms. The van der Waals surface area contributed by atoms with Crippen LogP contribution < -0.4 is 0 Å². The first kappa shape index (κ1) is 22.2. The molecule has 2 aromatic carbocycles. The van der Waals surface area contributed by atoms with E-state index < -0.39 is 5.97 Å². The summed E-state index contributed by atoms with van der Waals surface area (Å²) in [6.07, 6.45) is 7.68. The van der Waals surface area contributed by atoms with Crippen molar-refractivity contribution in [3.8, 4) is 5.75 Å². The van der Waals surface area contributed by atoms with Gasteiger partial charge in [-0.3, -0.25) is 4.79 Å². The molecule has 0 amide bonds. The Kier molecular flexibility index (Phi) is 5.58. The van der Waals surface area contributed by atoms with Gasteiger partial charge in [-0.25, -0.2) is 4.79 Å². The van der Waals surface area contributed by atoms with E-state index in [9.17, 15) is 19.8 Å². The van der Waals surface area contributed by atoms with Crippen molar-refractivity contribution in [1.29, 1.82) is 0 Å². The molecule has 0 aliphatic heterocycles. The molecule has 4 nitrogen and oxygen atoms in total. The van der Waals surface area contributed by atoms with E-state index in [1.807, 2.05) is 24.3 Å². The van der Waals surface area contributed by atoms with Gasteiger partial charge in [0.15, 0.2) is 0 Å². The van der Waals surface area contributed by atoms with E-state index in [2.05, 4.69) is 13.8 Å². The number of hydrogen-bond donors (Lipinski definition) is 2. The maximum Gasteiger partial charge on any atom is 0.335 e. The fourth-order valence-electron chi connectivity index (χ4n) is 7.74. The number of carboxylic acid groups (broad SMARTS) is 1. The molecule has 0 bridgehead atoms. The predicted octanol–water partition coefficient (Wildman–Crippen LogP) is 6.07. The number of aromatic hydroxyl groups is 1. The highest BCUT2D eigenvalue weighted by Crippen LogP contribution is 2.63. The minimum Gasteiger partial charge on any atom is -0.508 e. The Balaban J connectivity index is 1.33. The lowest BCUT2D eigenvalue weighted by Crippen LogP contribution is -2.44. The maximum atomic E-state index is 13.4. The second-order valence-corrected chi connectivity index (χ2v) is 10.9. The standard InChI is InChI=1S/C29H34O4/c1-17-15-20(28(32)33)16-19-6-9-22-23(27(17)19)13-14-29(2)24(22)10-11-25(29)26(31)12-5-18-3-7-21(30)8-4-18/h3-4,7-8,15-16,22-25,30H,5-6,9-14H2,1-2H3,(H,32,33)/t22-,23+,24+,25-,29+/m1/s1. The van der Waals surface area contributed by atoms with Crippen molar-refractivity contribution in [2.24, 2.45) is 23.2 Å². The lowest BCUT2D eigenvalue weighted by molar-refractivity contribution is -0.128. The molecule has 0 unspecified atom stereocenters. The third-order valence-corrected chi connectivity index (χ3v) is 9.26. The molecule has 0 saturated heterocycles. The molecule has 0 spiro atoms. The fraction of sp³-hybridized carbons (Fsp3) is 0.517. The third-order valence-electron chi connectivity index (χ3n) is 9.26. The van der Waals surface area contributed by atoms with Crippen LogP contribution in [0, 0.1) is 30.1 Å². The van der Waals surface area contributed by atoms with E-state index in [4.69, 9.17) is 0 Å². The summed E-state index contributed by atoms with van der Waals surface area (Å²) in [5, 5.41) is 19.0. The van der Waals surface area contributed by atoms with Crippen LogP contribution >= 0.6 is 0 Å². The van der Waals surface area contributed by atoms with Gasteiger partial charge in [0.05, 0.1) is 5.56 Å². The highest BCUT2D eigenvalue weighted by atomic mass is 16.4. The molecule has 2 saturated carbocycles. The summed E-state index contributed by atoms with van der Waals surface area (Å²) < 4.78 is 0. The van der Waals surface area contributed by atoms with Gasteiger partial charge < -0.3 is 10.2 Å². The van der Waals surface area contributed by atoms with E-state index in [-0.39, 0.29) is 17.1 Å². The topological polar surface area (TPSA) is 74.6 Å². The van der Waals surface area contributed by atoms with Crippen molar-refractivity contribution in [3.63, 3.8) is 0 Å². The first-order valence-electron chi connectivity index (χ1n) is 12.5. The summed E-state index contributed by atoms with van der Waals surface area (Å²) in [5.41, 5.74) is 5.36. The van der Waals surface area contributed by atoms with E-state index in [1.54, 1.807) is 12.1 Å². The summed E-state index contributed by atoms with van der Waals surface area (Å²) >= 11 is 0. The van der Waals surface area contributed by atoms with Crippen molar-refractivity contribution in [2.75, 3.05) is 0 Å². The van der Waals surface area contributed by atoms with Crippen molar-refractivity contribution < 1.29 is 19.8 Å². The normalized spacial score (nSPS) is 30.2. The number of carboxylic acids is 1. The third kappa shape index (κ3) is 3.78. The van der Waals surface area contributed by atoms with Crippen molar-refractivity contribution in [1.82, 2.24) is 0 Å². The van der Waals surface area contributed by atoms with Gasteiger partial charge in [-0.1, -0.05) is 19.1 Å². The van der Waals surface area contributed by atoms with Crippen LogP contribution in [-0.2, 0) is 17.6 Å². The number of Topliss-reactive ketones (excluding diaryl/α,β-unsaturated/α-hetero) is 1. The van der Waals surface area contributed by atoms with Crippen LogP contribution in [0.15, 0.2) is 36.4 Å². The SMILES string of the molecule is Cc1cc(C(=O)O)cc2c1[C@H]1CC[C@]3(C)[C@@H](C(=O)CCc4ccc(O)cc4)CC[C@H]3[C@@H]1CC2. The molecule has 2 aromatic rings. The van der Waals surface area contributed by atoms with E-state index in [0.717, 1.165) is 56.1 Å². The van der Waals surface area contributed by atoms with Gasteiger partial charge in [-0.15, -0.1) is 0 Å². The van der Waals surface area contributed by atoms with Crippen LogP contribution in [0.1, 0.15) is 84.0 Å². The van der Waals surface area contributed by atoms with Crippen molar-refractivity contribution in [2.45, 2.75) is 71.1 Å². The summed E-state index contributed by atoms with van der Waals surface area (Å²) in [6, 6.07) is 10.9. The predicted molar refractivity (Wildman–Crippen MR) is 128 cm³/mol. The number of rotatable bonds is 5. The monoisotopic (exact) mass is 446 g/mol. The molecule has 2 fully saturated rings. The van der Waals surface area contributed by atoms with Crippen LogP contribution in [0.5, 0.6) is 5.75 Å². The number of phenolic OH excluding ortho intramolecular Hbond substituents is 1. The maximum absolute atomic E-state index is 13.4. The average molecular weight is 447 g/mol.